The minimum Gasteiger partial charge on any atom is -0.481 e. The number of amides is 2. The number of carboxylic acid groups (broad SMARTS) is 1. The van der Waals surface area contributed by atoms with Crippen molar-refractivity contribution >= 4 is 17.8 Å². The fraction of sp³-hybridized carbons (Fsp3) is 0.357. The van der Waals surface area contributed by atoms with Crippen LogP contribution in [0, 0.1) is 12.8 Å². The van der Waals surface area contributed by atoms with Crippen LogP contribution in [0.25, 0.3) is 0 Å². The average Bonchev–Trinajstić information content (AvgIpc) is 2.73. The predicted molar refractivity (Wildman–Crippen MR) is 70.9 cm³/mol. The molecule has 6 heteroatoms. The van der Waals surface area contributed by atoms with Gasteiger partial charge in [0, 0.05) is 25.1 Å². The van der Waals surface area contributed by atoms with Gasteiger partial charge in [-0.2, -0.15) is 0 Å². The van der Waals surface area contributed by atoms with Crippen LogP contribution >= 0.6 is 0 Å². The SMILES string of the molecule is Cc1cc(C(N)=O)ccc1CN1CC(C(=O)O)CC1=O. The van der Waals surface area contributed by atoms with Crippen molar-refractivity contribution in [3.05, 3.63) is 34.9 Å². The van der Waals surface area contributed by atoms with Gasteiger partial charge in [-0.1, -0.05) is 6.07 Å². The van der Waals surface area contributed by atoms with Gasteiger partial charge in [-0.05, 0) is 30.2 Å². The van der Waals surface area contributed by atoms with Crippen LogP contribution in [0.1, 0.15) is 27.9 Å². The van der Waals surface area contributed by atoms with E-state index in [1.807, 2.05) is 6.92 Å². The van der Waals surface area contributed by atoms with Crippen molar-refractivity contribution in [2.75, 3.05) is 6.54 Å². The molecular weight excluding hydrogens is 260 g/mol. The number of hydrogen-bond donors (Lipinski definition) is 2. The maximum absolute atomic E-state index is 11.8. The van der Waals surface area contributed by atoms with E-state index in [0.717, 1.165) is 11.1 Å². The van der Waals surface area contributed by atoms with Crippen molar-refractivity contribution in [2.45, 2.75) is 19.9 Å². The van der Waals surface area contributed by atoms with Gasteiger partial charge in [-0.15, -0.1) is 0 Å². The fourth-order valence-electron chi connectivity index (χ4n) is 2.32. The molecule has 0 bridgehead atoms. The van der Waals surface area contributed by atoms with Gasteiger partial charge < -0.3 is 15.7 Å². The molecule has 1 heterocycles. The molecule has 2 amide bonds. The predicted octanol–water partition coefficient (Wildman–Crippen LogP) is 0.527. The molecule has 0 radical (unpaired) electrons. The summed E-state index contributed by atoms with van der Waals surface area (Å²) in [5.74, 6) is -2.23. The van der Waals surface area contributed by atoms with Gasteiger partial charge in [0.15, 0.2) is 0 Å². The standard InChI is InChI=1S/C14H16N2O4/c1-8-4-9(13(15)18)2-3-10(8)6-16-7-11(14(19)20)5-12(16)17/h2-4,11H,5-7H2,1H3,(H2,15,18)(H,19,20). The third-order valence-corrected chi connectivity index (χ3v) is 3.55. The Morgan fingerprint density at radius 3 is 2.65 bits per heavy atom. The summed E-state index contributed by atoms with van der Waals surface area (Å²) in [6.45, 7) is 2.41. The number of nitrogens with zero attached hydrogens (tertiary/aromatic N) is 1. The number of primary amides is 1. The lowest BCUT2D eigenvalue weighted by molar-refractivity contribution is -0.141. The van der Waals surface area contributed by atoms with E-state index in [-0.39, 0.29) is 18.9 Å². The summed E-state index contributed by atoms with van der Waals surface area (Å²) in [5.41, 5.74) is 7.36. The summed E-state index contributed by atoms with van der Waals surface area (Å²) >= 11 is 0. The number of carbonyl (C=O) groups is 3. The molecule has 2 rings (SSSR count). The lowest BCUT2D eigenvalue weighted by Gasteiger charge is -2.17. The van der Waals surface area contributed by atoms with Crippen LogP contribution in [0.5, 0.6) is 0 Å². The zero-order chi connectivity index (χ0) is 14.9. The largest absolute Gasteiger partial charge is 0.481 e. The molecule has 106 valence electrons. The molecular formula is C14H16N2O4. The summed E-state index contributed by atoms with van der Waals surface area (Å²) in [7, 11) is 0. The minimum absolute atomic E-state index is 0.0494. The normalized spacial score (nSPS) is 18.4. The van der Waals surface area contributed by atoms with Crippen molar-refractivity contribution < 1.29 is 19.5 Å². The third-order valence-electron chi connectivity index (χ3n) is 3.55. The van der Waals surface area contributed by atoms with E-state index in [0.29, 0.717) is 12.1 Å². The topological polar surface area (TPSA) is 101 Å². The maximum Gasteiger partial charge on any atom is 0.308 e. The second-order valence-corrected chi connectivity index (χ2v) is 5.02. The van der Waals surface area contributed by atoms with E-state index in [2.05, 4.69) is 0 Å². The van der Waals surface area contributed by atoms with Gasteiger partial charge in [-0.25, -0.2) is 0 Å². The summed E-state index contributed by atoms with van der Waals surface area (Å²) in [6.07, 6.45) is 0.0494. The van der Waals surface area contributed by atoms with Gasteiger partial charge in [0.25, 0.3) is 0 Å². The molecule has 1 aromatic rings. The highest BCUT2D eigenvalue weighted by Gasteiger charge is 2.34. The first-order chi connectivity index (χ1) is 9.38. The molecule has 1 fully saturated rings. The van der Waals surface area contributed by atoms with Gasteiger partial charge >= 0.3 is 5.97 Å². The molecule has 1 aliphatic rings. The molecule has 20 heavy (non-hydrogen) atoms. The Morgan fingerprint density at radius 2 is 2.15 bits per heavy atom. The summed E-state index contributed by atoms with van der Waals surface area (Å²) in [6, 6.07) is 5.03. The summed E-state index contributed by atoms with van der Waals surface area (Å²) in [5, 5.41) is 8.94. The Labute approximate surface area is 116 Å². The molecule has 1 unspecified atom stereocenters. The van der Waals surface area contributed by atoms with Crippen molar-refractivity contribution in [1.82, 2.24) is 4.90 Å². The van der Waals surface area contributed by atoms with Gasteiger partial charge in [0.05, 0.1) is 5.92 Å². The number of nitrogens with two attached hydrogens (primary N) is 1. The average molecular weight is 276 g/mol. The molecule has 1 saturated heterocycles. The quantitative estimate of drug-likeness (QED) is 0.837. The highest BCUT2D eigenvalue weighted by atomic mass is 16.4. The zero-order valence-corrected chi connectivity index (χ0v) is 11.1. The molecule has 0 spiro atoms. The zero-order valence-electron chi connectivity index (χ0n) is 11.1. The molecule has 0 saturated carbocycles. The third kappa shape index (κ3) is 2.79. The van der Waals surface area contributed by atoms with Crippen LogP contribution in [0.2, 0.25) is 0 Å². The van der Waals surface area contributed by atoms with Crippen molar-refractivity contribution in [3.8, 4) is 0 Å². The van der Waals surface area contributed by atoms with E-state index >= 15 is 0 Å². The second kappa shape index (κ2) is 5.32. The van der Waals surface area contributed by atoms with Crippen LogP contribution in [0.15, 0.2) is 18.2 Å². The van der Waals surface area contributed by atoms with Crippen LogP contribution in [0.4, 0.5) is 0 Å². The molecule has 0 aliphatic carbocycles. The van der Waals surface area contributed by atoms with E-state index in [1.54, 1.807) is 18.2 Å². The smallest absolute Gasteiger partial charge is 0.308 e. The Hall–Kier alpha value is -2.37. The van der Waals surface area contributed by atoms with Gasteiger partial charge in [-0.3, -0.25) is 14.4 Å². The first-order valence-electron chi connectivity index (χ1n) is 6.28. The number of aliphatic carboxylic acids is 1. The summed E-state index contributed by atoms with van der Waals surface area (Å²) < 4.78 is 0. The molecule has 3 N–H and O–H groups in total. The molecule has 1 aliphatic heterocycles. The first kappa shape index (κ1) is 14.0. The van der Waals surface area contributed by atoms with E-state index in [1.165, 1.54) is 4.90 Å². The number of rotatable bonds is 4. The molecule has 1 aromatic carbocycles. The van der Waals surface area contributed by atoms with E-state index in [4.69, 9.17) is 10.8 Å². The maximum atomic E-state index is 11.8. The number of carboxylic acids is 1. The lowest BCUT2D eigenvalue weighted by Crippen LogP contribution is -2.26. The monoisotopic (exact) mass is 276 g/mol. The minimum atomic E-state index is -0.943. The number of benzene rings is 1. The Bertz CT molecular complexity index is 583. The number of aryl methyl sites for hydroxylation is 1. The fourth-order valence-corrected chi connectivity index (χ4v) is 2.32. The van der Waals surface area contributed by atoms with Crippen molar-refractivity contribution in [3.63, 3.8) is 0 Å². The van der Waals surface area contributed by atoms with Gasteiger partial charge in [0.2, 0.25) is 11.8 Å². The lowest BCUT2D eigenvalue weighted by atomic mass is 10.0. The van der Waals surface area contributed by atoms with Crippen LogP contribution in [-0.2, 0) is 16.1 Å². The van der Waals surface area contributed by atoms with Crippen molar-refractivity contribution in [2.24, 2.45) is 11.7 Å². The molecule has 0 aromatic heterocycles. The van der Waals surface area contributed by atoms with E-state index < -0.39 is 17.8 Å². The van der Waals surface area contributed by atoms with Crippen molar-refractivity contribution in [1.29, 1.82) is 0 Å². The molecule has 6 nitrogen and oxygen atoms in total. The number of likely N-dealkylation sites (tertiary alicyclic amines) is 1. The summed E-state index contributed by atoms with van der Waals surface area (Å²) in [4.78, 5) is 35.3. The van der Waals surface area contributed by atoms with Crippen LogP contribution < -0.4 is 5.73 Å². The first-order valence-corrected chi connectivity index (χ1v) is 6.28. The van der Waals surface area contributed by atoms with E-state index in [9.17, 15) is 14.4 Å². The highest BCUT2D eigenvalue weighted by Crippen LogP contribution is 2.22. The molecule has 1 atom stereocenters. The number of carbonyl (C=O) groups excluding carboxylic acids is 2. The highest BCUT2D eigenvalue weighted by molar-refractivity contribution is 5.93. The van der Waals surface area contributed by atoms with Crippen LogP contribution in [0.3, 0.4) is 0 Å². The second-order valence-electron chi connectivity index (χ2n) is 5.02. The Kier molecular flexibility index (Phi) is 3.74. The number of hydrogen-bond acceptors (Lipinski definition) is 3. The Balaban J connectivity index is 2.13. The Morgan fingerprint density at radius 1 is 1.45 bits per heavy atom. The van der Waals surface area contributed by atoms with Gasteiger partial charge in [0.1, 0.15) is 0 Å². The van der Waals surface area contributed by atoms with Crippen LogP contribution in [-0.4, -0.2) is 34.3 Å².